The van der Waals surface area contributed by atoms with Crippen LogP contribution in [0.25, 0.3) is 0 Å². The van der Waals surface area contributed by atoms with Crippen LogP contribution in [0.3, 0.4) is 0 Å². The smallest absolute Gasteiger partial charge is 0.306 e. The van der Waals surface area contributed by atoms with Crippen LogP contribution in [0.2, 0.25) is 0 Å². The van der Waals surface area contributed by atoms with Crippen LogP contribution >= 0.6 is 0 Å². The molecule has 0 radical (unpaired) electrons. The molecule has 1 atom stereocenters. The topological polar surface area (TPSA) is 70.8 Å². The second-order valence-corrected chi connectivity index (χ2v) is 9.46. The van der Waals surface area contributed by atoms with Gasteiger partial charge < -0.3 is 19.9 Å². The molecule has 3 aromatic rings. The Balaban J connectivity index is 1.55. The number of benzene rings is 3. The maximum atomic E-state index is 12.7. The molecule has 0 aromatic heterocycles. The number of hydrogen-bond donors (Lipinski definition) is 1. The van der Waals surface area contributed by atoms with Gasteiger partial charge in [0.2, 0.25) is 0 Å². The van der Waals surface area contributed by atoms with Gasteiger partial charge in [0, 0.05) is 13.0 Å². The average molecular weight is 474 g/mol. The second-order valence-electron chi connectivity index (χ2n) is 9.46. The molecular weight excluding hydrogens is 438 g/mol. The van der Waals surface area contributed by atoms with Crippen LogP contribution in [0, 0.1) is 19.8 Å². The highest BCUT2D eigenvalue weighted by molar-refractivity contribution is 5.70. The zero-order chi connectivity index (χ0) is 24.6. The number of carbonyl (C=O) groups excluding carboxylic acids is 1. The Morgan fingerprint density at radius 2 is 1.40 bits per heavy atom. The lowest BCUT2D eigenvalue weighted by Gasteiger charge is -2.23. The van der Waals surface area contributed by atoms with Gasteiger partial charge in [-0.3, -0.25) is 4.79 Å². The summed E-state index contributed by atoms with van der Waals surface area (Å²) in [4.78, 5) is 12.7. The van der Waals surface area contributed by atoms with E-state index in [1.165, 1.54) is 19.3 Å². The molecule has 1 saturated carbocycles. The molecule has 5 heteroatoms. The standard InChI is InChI=1S/C30H35NO4/c1-21-8-13-25(14-9-21)33-27-17-12-24(19-28(27)34-26-15-10-22(2)11-16-26)29(20-31)35-30(32)18-23-6-4-3-5-7-23/h8-17,19,23,29H,3-7,18,20,31H2,1-2H3. The predicted molar refractivity (Wildman–Crippen MR) is 138 cm³/mol. The molecule has 184 valence electrons. The maximum absolute atomic E-state index is 12.7. The van der Waals surface area contributed by atoms with Crippen LogP contribution in [0.4, 0.5) is 0 Å². The van der Waals surface area contributed by atoms with E-state index in [4.69, 9.17) is 19.9 Å². The number of carbonyl (C=O) groups is 1. The monoisotopic (exact) mass is 473 g/mol. The number of nitrogens with two attached hydrogens (primary N) is 1. The van der Waals surface area contributed by atoms with Gasteiger partial charge in [-0.05, 0) is 74.6 Å². The highest BCUT2D eigenvalue weighted by atomic mass is 16.5. The van der Waals surface area contributed by atoms with Gasteiger partial charge in [0.15, 0.2) is 11.5 Å². The summed E-state index contributed by atoms with van der Waals surface area (Å²) < 4.78 is 18.2. The fraction of sp³-hybridized carbons (Fsp3) is 0.367. The van der Waals surface area contributed by atoms with Crippen molar-refractivity contribution in [3.8, 4) is 23.0 Å². The molecule has 0 aliphatic heterocycles. The molecule has 0 bridgehead atoms. The minimum absolute atomic E-state index is 0.187. The SMILES string of the molecule is Cc1ccc(Oc2ccc(C(CN)OC(=O)CC3CCCCC3)cc2Oc2ccc(C)cc2)cc1. The summed E-state index contributed by atoms with van der Waals surface area (Å²) in [5, 5.41) is 0. The third-order valence-corrected chi connectivity index (χ3v) is 6.51. The molecule has 0 amide bonds. The molecule has 1 unspecified atom stereocenters. The summed E-state index contributed by atoms with van der Waals surface area (Å²) in [6.45, 7) is 4.26. The van der Waals surface area contributed by atoms with Crippen molar-refractivity contribution in [2.75, 3.05) is 6.54 Å². The molecule has 5 nitrogen and oxygen atoms in total. The van der Waals surface area contributed by atoms with E-state index in [-0.39, 0.29) is 12.5 Å². The number of rotatable bonds is 9. The summed E-state index contributed by atoms with van der Waals surface area (Å²) in [5.41, 5.74) is 9.12. The van der Waals surface area contributed by atoms with Gasteiger partial charge in [-0.1, -0.05) is 60.7 Å². The van der Waals surface area contributed by atoms with Crippen LogP contribution in [0.15, 0.2) is 66.7 Å². The normalized spacial score (nSPS) is 14.8. The maximum Gasteiger partial charge on any atom is 0.306 e. The first-order valence-corrected chi connectivity index (χ1v) is 12.5. The van der Waals surface area contributed by atoms with Gasteiger partial charge in [0.1, 0.15) is 17.6 Å². The van der Waals surface area contributed by atoms with Gasteiger partial charge in [-0.25, -0.2) is 0 Å². The van der Waals surface area contributed by atoms with Gasteiger partial charge in [0.25, 0.3) is 0 Å². The number of hydrogen-bond acceptors (Lipinski definition) is 5. The zero-order valence-electron chi connectivity index (χ0n) is 20.7. The largest absolute Gasteiger partial charge is 0.456 e. The van der Waals surface area contributed by atoms with Crippen LogP contribution < -0.4 is 15.2 Å². The van der Waals surface area contributed by atoms with E-state index >= 15 is 0 Å². The summed E-state index contributed by atoms with van der Waals surface area (Å²) in [6.07, 6.45) is 5.76. The van der Waals surface area contributed by atoms with Crippen molar-refractivity contribution in [1.29, 1.82) is 0 Å². The first-order chi connectivity index (χ1) is 17.0. The fourth-order valence-electron chi connectivity index (χ4n) is 4.44. The fourth-order valence-corrected chi connectivity index (χ4v) is 4.44. The van der Waals surface area contributed by atoms with Crippen LogP contribution in [0.1, 0.15) is 61.3 Å². The lowest BCUT2D eigenvalue weighted by Crippen LogP contribution is -2.22. The summed E-state index contributed by atoms with van der Waals surface area (Å²) in [5.74, 6) is 2.75. The van der Waals surface area contributed by atoms with E-state index in [0.29, 0.717) is 35.3 Å². The lowest BCUT2D eigenvalue weighted by atomic mass is 9.87. The lowest BCUT2D eigenvalue weighted by molar-refractivity contribution is -0.150. The van der Waals surface area contributed by atoms with Gasteiger partial charge in [0.05, 0.1) is 0 Å². The molecule has 0 saturated heterocycles. The van der Waals surface area contributed by atoms with Crippen molar-refractivity contribution in [3.05, 3.63) is 83.4 Å². The van der Waals surface area contributed by atoms with Crippen molar-refractivity contribution in [1.82, 2.24) is 0 Å². The van der Waals surface area contributed by atoms with Gasteiger partial charge in [-0.2, -0.15) is 0 Å². The van der Waals surface area contributed by atoms with E-state index in [9.17, 15) is 4.79 Å². The molecule has 3 aromatic carbocycles. The summed E-state index contributed by atoms with van der Waals surface area (Å²) >= 11 is 0. The van der Waals surface area contributed by atoms with Gasteiger partial charge in [-0.15, -0.1) is 0 Å². The second kappa shape index (κ2) is 11.9. The molecule has 1 fully saturated rings. The first kappa shape index (κ1) is 24.8. The van der Waals surface area contributed by atoms with Crippen LogP contribution in [-0.4, -0.2) is 12.5 Å². The number of esters is 1. The molecule has 2 N–H and O–H groups in total. The zero-order valence-corrected chi connectivity index (χ0v) is 20.7. The van der Waals surface area contributed by atoms with E-state index in [0.717, 1.165) is 29.5 Å². The Labute approximate surface area is 208 Å². The van der Waals surface area contributed by atoms with Crippen molar-refractivity contribution in [2.24, 2.45) is 11.7 Å². The quantitative estimate of drug-likeness (QED) is 0.328. The van der Waals surface area contributed by atoms with Crippen LogP contribution in [-0.2, 0) is 9.53 Å². The van der Waals surface area contributed by atoms with Crippen molar-refractivity contribution < 1.29 is 19.0 Å². The predicted octanol–water partition coefficient (Wildman–Crippen LogP) is 7.40. The molecule has 1 aliphatic rings. The number of ether oxygens (including phenoxy) is 3. The third-order valence-electron chi connectivity index (χ3n) is 6.51. The summed E-state index contributed by atoms with van der Waals surface area (Å²) in [6, 6.07) is 21.3. The van der Waals surface area contributed by atoms with E-state index in [1.54, 1.807) is 0 Å². The molecule has 35 heavy (non-hydrogen) atoms. The Hall–Kier alpha value is -3.31. The number of aryl methyl sites for hydroxylation is 2. The summed E-state index contributed by atoms with van der Waals surface area (Å²) in [7, 11) is 0. The average Bonchev–Trinajstić information content (AvgIpc) is 2.87. The first-order valence-electron chi connectivity index (χ1n) is 12.5. The Morgan fingerprint density at radius 3 is 1.97 bits per heavy atom. The molecule has 4 rings (SSSR count). The van der Waals surface area contributed by atoms with Crippen molar-refractivity contribution in [3.63, 3.8) is 0 Å². The van der Waals surface area contributed by atoms with E-state index < -0.39 is 6.10 Å². The molecule has 0 heterocycles. The minimum atomic E-state index is -0.542. The third kappa shape index (κ3) is 7.09. The molecular formula is C30H35NO4. The van der Waals surface area contributed by atoms with Crippen LogP contribution in [0.5, 0.6) is 23.0 Å². The van der Waals surface area contributed by atoms with E-state index in [2.05, 4.69) is 0 Å². The highest BCUT2D eigenvalue weighted by Gasteiger charge is 2.22. The Kier molecular flexibility index (Phi) is 8.43. The highest BCUT2D eigenvalue weighted by Crippen LogP contribution is 2.38. The minimum Gasteiger partial charge on any atom is -0.456 e. The molecule has 0 spiro atoms. The Morgan fingerprint density at radius 1 is 0.829 bits per heavy atom. The van der Waals surface area contributed by atoms with E-state index in [1.807, 2.05) is 80.6 Å². The molecule has 1 aliphatic carbocycles. The van der Waals surface area contributed by atoms with Crippen molar-refractivity contribution in [2.45, 2.75) is 58.5 Å². The van der Waals surface area contributed by atoms with Crippen molar-refractivity contribution >= 4 is 5.97 Å². The Bertz CT molecular complexity index is 1100. The van der Waals surface area contributed by atoms with Gasteiger partial charge >= 0.3 is 5.97 Å².